The molecule has 0 fully saturated rings. The number of aryl methyl sites for hydroxylation is 2. The lowest BCUT2D eigenvalue weighted by Crippen LogP contribution is -2.15. The van der Waals surface area contributed by atoms with Crippen molar-refractivity contribution in [2.75, 3.05) is 5.32 Å². The Labute approximate surface area is 168 Å². The van der Waals surface area contributed by atoms with Gasteiger partial charge < -0.3 is 10.4 Å². The number of hydrogen-bond acceptors (Lipinski definition) is 2. The highest BCUT2D eigenvalue weighted by molar-refractivity contribution is 6.07. The third-order valence-corrected chi connectivity index (χ3v) is 4.94. The summed E-state index contributed by atoms with van der Waals surface area (Å²) in [5, 5.41) is 12.0. The van der Waals surface area contributed by atoms with E-state index in [0.29, 0.717) is 11.3 Å². The lowest BCUT2D eigenvalue weighted by Gasteiger charge is -2.10. The minimum atomic E-state index is -1.05. The van der Waals surface area contributed by atoms with Crippen LogP contribution in [-0.2, 0) is 6.42 Å². The third kappa shape index (κ3) is 6.84. The van der Waals surface area contributed by atoms with E-state index in [0.717, 1.165) is 12.0 Å². The molecule has 2 N–H and O–H groups in total. The van der Waals surface area contributed by atoms with Crippen molar-refractivity contribution in [3.8, 4) is 0 Å². The topological polar surface area (TPSA) is 66.4 Å². The Balaban J connectivity index is 1.86. The van der Waals surface area contributed by atoms with Crippen molar-refractivity contribution in [1.29, 1.82) is 0 Å². The average Bonchev–Trinajstić information content (AvgIpc) is 2.69. The Kier molecular flexibility index (Phi) is 8.73. The van der Waals surface area contributed by atoms with Crippen LogP contribution in [0.3, 0.4) is 0 Å². The van der Waals surface area contributed by atoms with Gasteiger partial charge in [0.1, 0.15) is 0 Å². The number of aromatic carboxylic acids is 1. The molecule has 4 heteroatoms. The smallest absolute Gasteiger partial charge is 0.337 e. The third-order valence-electron chi connectivity index (χ3n) is 4.94. The molecule has 0 radical (unpaired) electrons. The van der Waals surface area contributed by atoms with Crippen LogP contribution in [-0.4, -0.2) is 17.0 Å². The maximum Gasteiger partial charge on any atom is 0.337 e. The molecule has 1 amide bonds. The van der Waals surface area contributed by atoms with Crippen LogP contribution in [0.2, 0.25) is 0 Å². The Morgan fingerprint density at radius 1 is 0.893 bits per heavy atom. The van der Waals surface area contributed by atoms with Crippen LogP contribution in [0.15, 0.2) is 42.5 Å². The molecule has 2 rings (SSSR count). The van der Waals surface area contributed by atoms with Gasteiger partial charge in [-0.3, -0.25) is 4.79 Å². The number of carboxylic acid groups (broad SMARTS) is 1. The van der Waals surface area contributed by atoms with Gasteiger partial charge in [-0.1, -0.05) is 69.2 Å². The van der Waals surface area contributed by atoms with Crippen LogP contribution < -0.4 is 5.32 Å². The molecule has 0 aliphatic heterocycles. The van der Waals surface area contributed by atoms with Crippen molar-refractivity contribution in [2.24, 2.45) is 0 Å². The molecule has 0 aliphatic rings. The summed E-state index contributed by atoms with van der Waals surface area (Å²) in [6, 6.07) is 12.6. The van der Waals surface area contributed by atoms with E-state index < -0.39 is 5.97 Å². The van der Waals surface area contributed by atoms with E-state index in [-0.39, 0.29) is 11.5 Å². The second kappa shape index (κ2) is 11.3. The zero-order chi connectivity index (χ0) is 20.4. The summed E-state index contributed by atoms with van der Waals surface area (Å²) in [5.41, 5.74) is 3.01. The molecule has 4 nitrogen and oxygen atoms in total. The Bertz CT molecular complexity index is 781. The van der Waals surface area contributed by atoms with Gasteiger partial charge in [0, 0.05) is 5.56 Å². The van der Waals surface area contributed by atoms with Crippen molar-refractivity contribution in [3.05, 3.63) is 64.7 Å². The number of carboxylic acids is 1. The van der Waals surface area contributed by atoms with Gasteiger partial charge in [-0.15, -0.1) is 0 Å². The molecule has 150 valence electrons. The molecule has 0 saturated carbocycles. The largest absolute Gasteiger partial charge is 0.478 e. The fraction of sp³-hybridized carbons (Fsp3) is 0.417. The first kappa shape index (κ1) is 21.7. The molecule has 0 saturated heterocycles. The number of anilines is 1. The first-order valence-electron chi connectivity index (χ1n) is 10.3. The summed E-state index contributed by atoms with van der Waals surface area (Å²) in [6.07, 6.45) is 10.0. The quantitative estimate of drug-likeness (QED) is 0.453. The van der Waals surface area contributed by atoms with E-state index in [1.807, 2.05) is 19.1 Å². The number of carbonyl (C=O) groups is 2. The van der Waals surface area contributed by atoms with Crippen LogP contribution in [0, 0.1) is 6.92 Å². The molecular formula is C24H31NO3. The first-order chi connectivity index (χ1) is 13.5. The fourth-order valence-electron chi connectivity index (χ4n) is 3.25. The number of carbonyl (C=O) groups excluding carboxylic acids is 1. The highest BCUT2D eigenvalue weighted by Crippen LogP contribution is 2.19. The summed E-state index contributed by atoms with van der Waals surface area (Å²) in [7, 11) is 0. The first-order valence-corrected chi connectivity index (χ1v) is 10.3. The second-order valence-electron chi connectivity index (χ2n) is 7.38. The molecule has 2 aromatic rings. The van der Waals surface area contributed by atoms with Crippen molar-refractivity contribution in [1.82, 2.24) is 0 Å². The monoisotopic (exact) mass is 381 g/mol. The molecule has 0 unspecified atom stereocenters. The van der Waals surface area contributed by atoms with Crippen LogP contribution in [0.5, 0.6) is 0 Å². The maximum atomic E-state index is 12.5. The number of hydrogen-bond donors (Lipinski definition) is 2. The highest BCUT2D eigenvalue weighted by Gasteiger charge is 2.13. The van der Waals surface area contributed by atoms with E-state index in [2.05, 4.69) is 12.2 Å². The average molecular weight is 382 g/mol. The van der Waals surface area contributed by atoms with E-state index >= 15 is 0 Å². The standard InChI is InChI=1S/C24H31NO3/c1-3-4-5-6-7-8-9-10-19-12-14-20(15-13-19)23(26)25-22-16-11-18(2)17-21(22)24(27)28/h11-17H,3-10H2,1-2H3,(H,25,26)(H,27,28). The van der Waals surface area contributed by atoms with Gasteiger partial charge in [0.15, 0.2) is 0 Å². The number of unbranched alkanes of at least 4 members (excludes halogenated alkanes) is 6. The lowest BCUT2D eigenvalue weighted by atomic mass is 10.0. The molecule has 0 atom stereocenters. The van der Waals surface area contributed by atoms with Crippen molar-refractivity contribution < 1.29 is 14.7 Å². The predicted molar refractivity (Wildman–Crippen MR) is 114 cm³/mol. The van der Waals surface area contributed by atoms with Gasteiger partial charge in [-0.25, -0.2) is 4.79 Å². The zero-order valence-electron chi connectivity index (χ0n) is 17.0. The zero-order valence-corrected chi connectivity index (χ0v) is 17.0. The summed E-state index contributed by atoms with van der Waals surface area (Å²) in [4.78, 5) is 23.9. The molecule has 0 bridgehead atoms. The summed E-state index contributed by atoms with van der Waals surface area (Å²) in [5.74, 6) is -1.35. The van der Waals surface area contributed by atoms with Crippen LogP contribution >= 0.6 is 0 Å². The molecule has 0 heterocycles. The van der Waals surface area contributed by atoms with Crippen molar-refractivity contribution >= 4 is 17.6 Å². The van der Waals surface area contributed by atoms with E-state index in [4.69, 9.17) is 0 Å². The van der Waals surface area contributed by atoms with Gasteiger partial charge in [-0.2, -0.15) is 0 Å². The van der Waals surface area contributed by atoms with Gasteiger partial charge in [-0.05, 0) is 49.6 Å². The van der Waals surface area contributed by atoms with Gasteiger partial charge in [0.05, 0.1) is 11.3 Å². The van der Waals surface area contributed by atoms with E-state index in [1.54, 1.807) is 30.3 Å². The van der Waals surface area contributed by atoms with Crippen molar-refractivity contribution in [3.63, 3.8) is 0 Å². The van der Waals surface area contributed by atoms with Gasteiger partial charge >= 0.3 is 5.97 Å². The Morgan fingerprint density at radius 3 is 2.18 bits per heavy atom. The number of nitrogens with one attached hydrogen (secondary N) is 1. The minimum Gasteiger partial charge on any atom is -0.478 e. The van der Waals surface area contributed by atoms with Gasteiger partial charge in [0.25, 0.3) is 5.91 Å². The highest BCUT2D eigenvalue weighted by atomic mass is 16.4. The summed E-state index contributed by atoms with van der Waals surface area (Å²) >= 11 is 0. The number of amides is 1. The predicted octanol–water partition coefficient (Wildman–Crippen LogP) is 6.24. The lowest BCUT2D eigenvalue weighted by molar-refractivity contribution is 0.0698. The molecule has 0 aliphatic carbocycles. The minimum absolute atomic E-state index is 0.101. The van der Waals surface area contributed by atoms with Crippen LogP contribution in [0.25, 0.3) is 0 Å². The normalized spacial score (nSPS) is 10.6. The maximum absolute atomic E-state index is 12.5. The molecule has 2 aromatic carbocycles. The molecular weight excluding hydrogens is 350 g/mol. The number of benzene rings is 2. The number of rotatable bonds is 11. The fourth-order valence-corrected chi connectivity index (χ4v) is 3.25. The Hall–Kier alpha value is -2.62. The molecule has 28 heavy (non-hydrogen) atoms. The Morgan fingerprint density at radius 2 is 1.54 bits per heavy atom. The summed E-state index contributed by atoms with van der Waals surface area (Å²) < 4.78 is 0. The van der Waals surface area contributed by atoms with E-state index in [1.165, 1.54) is 50.5 Å². The van der Waals surface area contributed by atoms with Gasteiger partial charge in [0.2, 0.25) is 0 Å². The van der Waals surface area contributed by atoms with Crippen molar-refractivity contribution in [2.45, 2.75) is 65.2 Å². The van der Waals surface area contributed by atoms with Crippen LogP contribution in [0.4, 0.5) is 5.69 Å². The molecule has 0 spiro atoms. The van der Waals surface area contributed by atoms with E-state index in [9.17, 15) is 14.7 Å². The summed E-state index contributed by atoms with van der Waals surface area (Å²) in [6.45, 7) is 4.05. The van der Waals surface area contributed by atoms with Crippen LogP contribution in [0.1, 0.15) is 83.7 Å². The SMILES string of the molecule is CCCCCCCCCc1ccc(C(=O)Nc2ccc(C)cc2C(=O)O)cc1. The molecule has 0 aromatic heterocycles. The second-order valence-corrected chi connectivity index (χ2v) is 7.38.